The van der Waals surface area contributed by atoms with Crippen LogP contribution in [0.15, 0.2) is 24.3 Å². The summed E-state index contributed by atoms with van der Waals surface area (Å²) >= 11 is 0. The van der Waals surface area contributed by atoms with E-state index in [9.17, 15) is 9.59 Å². The number of ether oxygens (including phenoxy) is 3. The summed E-state index contributed by atoms with van der Waals surface area (Å²) in [5.74, 6) is -0.240. The molecular formula is C18H25NO5. The van der Waals surface area contributed by atoms with E-state index < -0.39 is 5.92 Å². The zero-order valence-electron chi connectivity index (χ0n) is 14.5. The Labute approximate surface area is 142 Å². The molecule has 0 aromatic heterocycles. The Kier molecular flexibility index (Phi) is 6.61. The van der Waals surface area contributed by atoms with Crippen molar-refractivity contribution in [2.75, 3.05) is 33.9 Å². The summed E-state index contributed by atoms with van der Waals surface area (Å²) in [6.45, 7) is 3.24. The van der Waals surface area contributed by atoms with Crippen LogP contribution in [0.25, 0.3) is 0 Å². The first-order chi connectivity index (χ1) is 11.5. The molecule has 1 aliphatic heterocycles. The van der Waals surface area contributed by atoms with E-state index in [4.69, 9.17) is 14.2 Å². The van der Waals surface area contributed by atoms with Gasteiger partial charge in [0, 0.05) is 25.3 Å². The van der Waals surface area contributed by atoms with Crippen LogP contribution in [0.3, 0.4) is 0 Å². The van der Waals surface area contributed by atoms with E-state index in [-0.39, 0.29) is 18.0 Å². The molecule has 0 bridgehead atoms. The highest BCUT2D eigenvalue weighted by Gasteiger charge is 2.27. The largest absolute Gasteiger partial charge is 0.497 e. The van der Waals surface area contributed by atoms with E-state index in [0.717, 1.165) is 19.4 Å². The molecule has 1 aromatic carbocycles. The minimum Gasteiger partial charge on any atom is -0.497 e. The molecule has 0 radical (unpaired) electrons. The maximum atomic E-state index is 12.9. The van der Waals surface area contributed by atoms with Crippen LogP contribution in [0.1, 0.15) is 30.1 Å². The molecule has 6 heteroatoms. The molecule has 0 N–H and O–H groups in total. The summed E-state index contributed by atoms with van der Waals surface area (Å²) in [5, 5.41) is 0. The fourth-order valence-corrected chi connectivity index (χ4v) is 2.82. The Morgan fingerprint density at radius 3 is 2.79 bits per heavy atom. The first kappa shape index (κ1) is 18.3. The average molecular weight is 335 g/mol. The minimum atomic E-state index is -0.397. The second-order valence-electron chi connectivity index (χ2n) is 6.00. The highest BCUT2D eigenvalue weighted by atomic mass is 16.5. The maximum absolute atomic E-state index is 12.9. The molecule has 1 amide bonds. The summed E-state index contributed by atoms with van der Waals surface area (Å²) < 4.78 is 15.6. The molecule has 132 valence electrons. The predicted molar refractivity (Wildman–Crippen MR) is 89.1 cm³/mol. The normalized spacial score (nSPS) is 18.0. The van der Waals surface area contributed by atoms with E-state index in [1.54, 1.807) is 43.2 Å². The Balaban J connectivity index is 2.15. The van der Waals surface area contributed by atoms with Crippen molar-refractivity contribution in [1.29, 1.82) is 0 Å². The summed E-state index contributed by atoms with van der Waals surface area (Å²) in [4.78, 5) is 26.3. The number of carbonyl (C=O) groups is 2. The van der Waals surface area contributed by atoms with Crippen LogP contribution in [-0.4, -0.2) is 56.8 Å². The number of benzene rings is 1. The number of nitrogens with zero attached hydrogens (tertiary/aromatic N) is 1. The van der Waals surface area contributed by atoms with Gasteiger partial charge < -0.3 is 19.1 Å². The molecule has 6 nitrogen and oxygen atoms in total. The fraction of sp³-hybridized carbons (Fsp3) is 0.556. The molecule has 0 aliphatic carbocycles. The number of methoxy groups -OCH3 is 2. The molecule has 1 saturated heterocycles. The number of esters is 1. The fourth-order valence-electron chi connectivity index (χ4n) is 2.82. The van der Waals surface area contributed by atoms with Gasteiger partial charge in [-0.2, -0.15) is 0 Å². The molecule has 1 aromatic rings. The molecule has 2 unspecified atom stereocenters. The van der Waals surface area contributed by atoms with Crippen LogP contribution in [0, 0.1) is 5.92 Å². The second-order valence-corrected chi connectivity index (χ2v) is 6.00. The lowest BCUT2D eigenvalue weighted by Crippen LogP contribution is -2.41. The highest BCUT2D eigenvalue weighted by Crippen LogP contribution is 2.19. The van der Waals surface area contributed by atoms with Gasteiger partial charge in [0.05, 0.1) is 26.2 Å². The lowest BCUT2D eigenvalue weighted by Gasteiger charge is -2.27. The first-order valence-electron chi connectivity index (χ1n) is 8.18. The van der Waals surface area contributed by atoms with Crippen LogP contribution in [0.2, 0.25) is 0 Å². The van der Waals surface area contributed by atoms with Gasteiger partial charge in [0.2, 0.25) is 0 Å². The van der Waals surface area contributed by atoms with Crippen LogP contribution in [0.5, 0.6) is 5.75 Å². The summed E-state index contributed by atoms with van der Waals surface area (Å²) in [5.41, 5.74) is 0.532. The highest BCUT2D eigenvalue weighted by molar-refractivity contribution is 5.95. The average Bonchev–Trinajstić information content (AvgIpc) is 3.12. The van der Waals surface area contributed by atoms with Crippen molar-refractivity contribution in [1.82, 2.24) is 4.90 Å². The van der Waals surface area contributed by atoms with Crippen LogP contribution in [0.4, 0.5) is 0 Å². The van der Waals surface area contributed by atoms with Gasteiger partial charge in [0.1, 0.15) is 5.75 Å². The molecular weight excluding hydrogens is 310 g/mol. The van der Waals surface area contributed by atoms with Gasteiger partial charge in [-0.1, -0.05) is 13.0 Å². The smallest absolute Gasteiger partial charge is 0.310 e. The Hall–Kier alpha value is -2.08. The molecule has 2 rings (SSSR count). The molecule has 0 spiro atoms. The third kappa shape index (κ3) is 4.71. The Morgan fingerprint density at radius 1 is 1.38 bits per heavy atom. The number of amides is 1. The lowest BCUT2D eigenvalue weighted by atomic mass is 10.1. The molecule has 2 atom stereocenters. The monoisotopic (exact) mass is 335 g/mol. The van der Waals surface area contributed by atoms with Crippen LogP contribution in [-0.2, 0) is 14.3 Å². The van der Waals surface area contributed by atoms with Gasteiger partial charge in [-0.25, -0.2) is 0 Å². The zero-order chi connectivity index (χ0) is 17.5. The summed E-state index contributed by atoms with van der Waals surface area (Å²) in [6.07, 6.45) is 1.94. The quantitative estimate of drug-likeness (QED) is 0.714. The van der Waals surface area contributed by atoms with Gasteiger partial charge >= 0.3 is 5.97 Å². The maximum Gasteiger partial charge on any atom is 0.310 e. The number of carbonyl (C=O) groups excluding carboxylic acids is 2. The molecule has 24 heavy (non-hydrogen) atoms. The standard InChI is InChI=1S/C18H25NO5/c1-13(18(21)23-3)11-19(12-16-8-5-9-24-16)17(20)14-6-4-7-15(10-14)22-2/h4,6-7,10,13,16H,5,8-9,11-12H2,1-3H3. The molecule has 0 saturated carbocycles. The second kappa shape index (κ2) is 8.68. The Morgan fingerprint density at radius 2 is 2.17 bits per heavy atom. The van der Waals surface area contributed by atoms with Crippen molar-refractivity contribution in [3.8, 4) is 5.75 Å². The van der Waals surface area contributed by atoms with Crippen LogP contribution < -0.4 is 4.74 Å². The lowest BCUT2D eigenvalue weighted by molar-refractivity contribution is -0.145. The first-order valence-corrected chi connectivity index (χ1v) is 8.18. The summed E-state index contributed by atoms with van der Waals surface area (Å²) in [6, 6.07) is 7.02. The number of hydrogen-bond acceptors (Lipinski definition) is 5. The number of rotatable bonds is 7. The van der Waals surface area contributed by atoms with Gasteiger partial charge in [-0.3, -0.25) is 9.59 Å². The van der Waals surface area contributed by atoms with Gasteiger partial charge in [-0.15, -0.1) is 0 Å². The van der Waals surface area contributed by atoms with Gasteiger partial charge in [0.25, 0.3) is 5.91 Å². The van der Waals surface area contributed by atoms with Crippen molar-refractivity contribution >= 4 is 11.9 Å². The van der Waals surface area contributed by atoms with E-state index in [1.807, 2.05) is 0 Å². The third-order valence-electron chi connectivity index (χ3n) is 4.15. The van der Waals surface area contributed by atoms with E-state index in [1.165, 1.54) is 7.11 Å². The Bertz CT molecular complexity index is 568. The van der Waals surface area contributed by atoms with Crippen molar-refractivity contribution in [3.63, 3.8) is 0 Å². The predicted octanol–water partition coefficient (Wildman–Crippen LogP) is 2.13. The van der Waals surface area contributed by atoms with E-state index in [2.05, 4.69) is 0 Å². The minimum absolute atomic E-state index is 0.0180. The SMILES string of the molecule is COC(=O)C(C)CN(CC1CCCO1)C(=O)c1cccc(OC)c1. The van der Waals surface area contributed by atoms with Crippen LogP contribution >= 0.6 is 0 Å². The molecule has 1 heterocycles. The molecule has 1 fully saturated rings. The summed E-state index contributed by atoms with van der Waals surface area (Å²) in [7, 11) is 2.92. The van der Waals surface area contributed by atoms with Gasteiger partial charge in [0.15, 0.2) is 0 Å². The zero-order valence-corrected chi connectivity index (χ0v) is 14.5. The van der Waals surface area contributed by atoms with Crippen molar-refractivity contribution in [2.45, 2.75) is 25.9 Å². The number of hydrogen-bond donors (Lipinski definition) is 0. The third-order valence-corrected chi connectivity index (χ3v) is 4.15. The van der Waals surface area contributed by atoms with E-state index in [0.29, 0.717) is 24.4 Å². The molecule has 1 aliphatic rings. The van der Waals surface area contributed by atoms with Crippen molar-refractivity contribution in [3.05, 3.63) is 29.8 Å². The van der Waals surface area contributed by atoms with E-state index >= 15 is 0 Å². The van der Waals surface area contributed by atoms with Gasteiger partial charge in [-0.05, 0) is 31.0 Å². The van der Waals surface area contributed by atoms with Crippen molar-refractivity contribution in [2.24, 2.45) is 5.92 Å². The van der Waals surface area contributed by atoms with Crippen molar-refractivity contribution < 1.29 is 23.8 Å². The topological polar surface area (TPSA) is 65.1 Å².